The molecule has 0 spiro atoms. The highest BCUT2D eigenvalue weighted by atomic mass is 32.2. The number of rotatable bonds is 4. The van der Waals surface area contributed by atoms with Crippen molar-refractivity contribution in [2.45, 2.75) is 11.9 Å². The predicted molar refractivity (Wildman–Crippen MR) is 78.1 cm³/mol. The molecule has 1 aromatic heterocycles. The first-order valence-electron chi connectivity index (χ1n) is 5.94. The molecule has 5 nitrogen and oxygen atoms in total. The summed E-state index contributed by atoms with van der Waals surface area (Å²) in [5, 5.41) is 7.78. The van der Waals surface area contributed by atoms with E-state index in [4.69, 9.17) is 5.73 Å². The highest BCUT2D eigenvalue weighted by molar-refractivity contribution is 7.99. The van der Waals surface area contributed by atoms with Gasteiger partial charge in [-0.05, 0) is 31.2 Å². The summed E-state index contributed by atoms with van der Waals surface area (Å²) in [6.07, 6.45) is 0. The lowest BCUT2D eigenvalue weighted by atomic mass is 10.2. The Labute approximate surface area is 120 Å². The zero-order valence-corrected chi connectivity index (χ0v) is 12.0. The first kappa shape index (κ1) is 14.4. The van der Waals surface area contributed by atoms with E-state index in [9.17, 15) is 9.18 Å². The molecule has 0 radical (unpaired) electrons. The van der Waals surface area contributed by atoms with Gasteiger partial charge in [-0.1, -0.05) is 11.8 Å². The van der Waals surface area contributed by atoms with Gasteiger partial charge >= 0.3 is 0 Å². The maximum atomic E-state index is 13.0. The second kappa shape index (κ2) is 5.96. The molecule has 0 aliphatic carbocycles. The van der Waals surface area contributed by atoms with Crippen LogP contribution >= 0.6 is 11.8 Å². The van der Waals surface area contributed by atoms with Crippen molar-refractivity contribution in [3.05, 3.63) is 35.8 Å². The van der Waals surface area contributed by atoms with Crippen LogP contribution in [-0.4, -0.2) is 21.4 Å². The molecule has 20 heavy (non-hydrogen) atoms. The molecule has 2 aromatic rings. The van der Waals surface area contributed by atoms with Crippen LogP contribution in [0.4, 0.5) is 15.8 Å². The van der Waals surface area contributed by atoms with Crippen molar-refractivity contribution >= 4 is 29.0 Å². The fourth-order valence-corrected chi connectivity index (χ4v) is 2.51. The zero-order valence-electron chi connectivity index (χ0n) is 11.2. The van der Waals surface area contributed by atoms with E-state index in [-0.39, 0.29) is 17.3 Å². The van der Waals surface area contributed by atoms with E-state index in [0.29, 0.717) is 5.69 Å². The summed E-state index contributed by atoms with van der Waals surface area (Å²) in [6.45, 7) is 1.89. The molecule has 0 aliphatic heterocycles. The molecule has 3 N–H and O–H groups in total. The van der Waals surface area contributed by atoms with Crippen molar-refractivity contribution in [1.82, 2.24) is 9.78 Å². The number of halogens is 1. The molecule has 7 heteroatoms. The average Bonchev–Trinajstić information content (AvgIpc) is 2.70. The summed E-state index contributed by atoms with van der Waals surface area (Å²) < 4.78 is 14.7. The van der Waals surface area contributed by atoms with Crippen molar-refractivity contribution in [3.8, 4) is 0 Å². The standard InChI is InChI=1S/C13H15FN4OS/c1-8-5-13(18(2)17-8)20-7-12(19)16-9-3-4-10(14)11(15)6-9/h3-6H,7,15H2,1-2H3,(H,16,19). The fourth-order valence-electron chi connectivity index (χ4n) is 1.68. The number of nitrogens with zero attached hydrogens (tertiary/aromatic N) is 2. The van der Waals surface area contributed by atoms with Crippen molar-refractivity contribution in [2.75, 3.05) is 16.8 Å². The quantitative estimate of drug-likeness (QED) is 0.669. The van der Waals surface area contributed by atoms with E-state index in [1.807, 2.05) is 20.0 Å². The lowest BCUT2D eigenvalue weighted by molar-refractivity contribution is -0.113. The van der Waals surface area contributed by atoms with Gasteiger partial charge in [0.1, 0.15) is 5.82 Å². The van der Waals surface area contributed by atoms with Gasteiger partial charge in [0.2, 0.25) is 5.91 Å². The Kier molecular flexibility index (Phi) is 4.29. The summed E-state index contributed by atoms with van der Waals surface area (Å²) >= 11 is 1.39. The van der Waals surface area contributed by atoms with E-state index in [1.165, 1.54) is 30.0 Å². The Balaban J connectivity index is 1.92. The molecule has 0 saturated carbocycles. The second-order valence-corrected chi connectivity index (χ2v) is 5.32. The Morgan fingerprint density at radius 2 is 2.25 bits per heavy atom. The van der Waals surface area contributed by atoms with Crippen LogP contribution in [0.3, 0.4) is 0 Å². The number of amides is 1. The van der Waals surface area contributed by atoms with Crippen molar-refractivity contribution in [1.29, 1.82) is 0 Å². The highest BCUT2D eigenvalue weighted by Crippen LogP contribution is 2.20. The number of carbonyl (C=O) groups excluding carboxylic acids is 1. The van der Waals surface area contributed by atoms with Gasteiger partial charge in [0, 0.05) is 12.7 Å². The highest BCUT2D eigenvalue weighted by Gasteiger charge is 2.08. The number of anilines is 2. The Bertz CT molecular complexity index is 641. The number of nitrogen functional groups attached to an aromatic ring is 1. The molecule has 0 saturated heterocycles. The molecule has 0 unspecified atom stereocenters. The first-order valence-corrected chi connectivity index (χ1v) is 6.92. The van der Waals surface area contributed by atoms with E-state index < -0.39 is 5.82 Å². The summed E-state index contributed by atoms with van der Waals surface area (Å²) in [6, 6.07) is 6.00. The number of carbonyl (C=O) groups is 1. The van der Waals surface area contributed by atoms with Crippen LogP contribution in [0.5, 0.6) is 0 Å². The monoisotopic (exact) mass is 294 g/mol. The molecule has 0 bridgehead atoms. The third-order valence-corrected chi connectivity index (χ3v) is 3.67. The lowest BCUT2D eigenvalue weighted by Crippen LogP contribution is -2.14. The molecule has 0 atom stereocenters. The van der Waals surface area contributed by atoms with Gasteiger partial charge in [-0.25, -0.2) is 4.39 Å². The van der Waals surface area contributed by atoms with E-state index in [1.54, 1.807) is 4.68 Å². The summed E-state index contributed by atoms with van der Waals surface area (Å²) in [4.78, 5) is 11.8. The van der Waals surface area contributed by atoms with E-state index >= 15 is 0 Å². The number of thioether (sulfide) groups is 1. The minimum atomic E-state index is -0.497. The minimum Gasteiger partial charge on any atom is -0.396 e. The van der Waals surface area contributed by atoms with Crippen LogP contribution in [-0.2, 0) is 11.8 Å². The largest absolute Gasteiger partial charge is 0.396 e. The summed E-state index contributed by atoms with van der Waals surface area (Å²) in [7, 11) is 1.83. The molecular formula is C13H15FN4OS. The summed E-state index contributed by atoms with van der Waals surface area (Å²) in [5.74, 6) is -0.432. The lowest BCUT2D eigenvalue weighted by Gasteiger charge is -2.06. The molecular weight excluding hydrogens is 279 g/mol. The van der Waals surface area contributed by atoms with Gasteiger partial charge in [0.05, 0.1) is 22.2 Å². The van der Waals surface area contributed by atoms with Crippen LogP contribution in [0.2, 0.25) is 0 Å². The van der Waals surface area contributed by atoms with Gasteiger partial charge < -0.3 is 11.1 Å². The number of nitrogens with two attached hydrogens (primary N) is 1. The normalized spacial score (nSPS) is 10.6. The first-order chi connectivity index (χ1) is 9.45. The molecule has 106 valence electrons. The van der Waals surface area contributed by atoms with Crippen molar-refractivity contribution in [2.24, 2.45) is 7.05 Å². The van der Waals surface area contributed by atoms with E-state index in [2.05, 4.69) is 10.4 Å². The maximum Gasteiger partial charge on any atom is 0.234 e. The number of aromatic nitrogens is 2. The Morgan fingerprint density at radius 1 is 1.50 bits per heavy atom. The number of benzene rings is 1. The number of hydrogen-bond acceptors (Lipinski definition) is 4. The number of aryl methyl sites for hydroxylation is 2. The summed E-state index contributed by atoms with van der Waals surface area (Å²) in [5.41, 5.74) is 6.84. The predicted octanol–water partition coefficient (Wildman–Crippen LogP) is 2.18. The molecule has 1 amide bonds. The molecule has 0 fully saturated rings. The van der Waals surface area contributed by atoms with Crippen LogP contribution in [0.25, 0.3) is 0 Å². The molecule has 1 heterocycles. The van der Waals surface area contributed by atoms with Gasteiger partial charge in [-0.15, -0.1) is 0 Å². The third-order valence-electron chi connectivity index (χ3n) is 2.59. The fraction of sp³-hybridized carbons (Fsp3) is 0.231. The van der Waals surface area contributed by atoms with Crippen LogP contribution < -0.4 is 11.1 Å². The number of nitrogens with one attached hydrogen (secondary N) is 1. The SMILES string of the molecule is Cc1cc(SCC(=O)Nc2ccc(F)c(N)c2)n(C)n1. The van der Waals surface area contributed by atoms with Gasteiger partial charge in [-0.2, -0.15) is 5.10 Å². The molecule has 2 rings (SSSR count). The van der Waals surface area contributed by atoms with Gasteiger partial charge in [0.25, 0.3) is 0 Å². The Morgan fingerprint density at radius 3 is 2.85 bits per heavy atom. The molecule has 1 aromatic carbocycles. The average molecular weight is 294 g/mol. The van der Waals surface area contributed by atoms with Crippen LogP contribution in [0, 0.1) is 12.7 Å². The van der Waals surface area contributed by atoms with Crippen LogP contribution in [0.1, 0.15) is 5.69 Å². The van der Waals surface area contributed by atoms with Gasteiger partial charge in [0.15, 0.2) is 0 Å². The van der Waals surface area contributed by atoms with Gasteiger partial charge in [-0.3, -0.25) is 9.48 Å². The smallest absolute Gasteiger partial charge is 0.234 e. The maximum absolute atomic E-state index is 13.0. The minimum absolute atomic E-state index is 0.0118. The van der Waals surface area contributed by atoms with Crippen molar-refractivity contribution in [3.63, 3.8) is 0 Å². The van der Waals surface area contributed by atoms with Crippen LogP contribution in [0.15, 0.2) is 29.3 Å². The molecule has 0 aliphatic rings. The topological polar surface area (TPSA) is 72.9 Å². The van der Waals surface area contributed by atoms with Crippen molar-refractivity contribution < 1.29 is 9.18 Å². The third kappa shape index (κ3) is 3.51. The number of hydrogen-bond donors (Lipinski definition) is 2. The Hall–Kier alpha value is -2.02. The van der Waals surface area contributed by atoms with E-state index in [0.717, 1.165) is 10.7 Å². The zero-order chi connectivity index (χ0) is 14.7. The second-order valence-electron chi connectivity index (χ2n) is 4.32.